The third-order valence-corrected chi connectivity index (χ3v) is 3.87. The van der Waals surface area contributed by atoms with Crippen molar-refractivity contribution < 1.29 is 23.4 Å². The smallest absolute Gasteiger partial charge is 0.410 e. The quantitative estimate of drug-likeness (QED) is 0.731. The number of aliphatic hydroxyl groups is 1. The number of halogens is 2. The van der Waals surface area contributed by atoms with Gasteiger partial charge in [-0.15, -0.1) is 0 Å². The minimum Gasteiger partial charge on any atom is -0.449 e. The molecule has 1 saturated carbocycles. The van der Waals surface area contributed by atoms with Crippen LogP contribution in [0, 0.1) is 0 Å². The third-order valence-electron chi connectivity index (χ3n) is 3.87. The van der Waals surface area contributed by atoms with Gasteiger partial charge in [0.2, 0.25) is 5.92 Å². The minimum atomic E-state index is -2.61. The molecule has 1 fully saturated rings. The van der Waals surface area contributed by atoms with E-state index in [2.05, 4.69) is 0 Å². The van der Waals surface area contributed by atoms with Crippen molar-refractivity contribution in [2.75, 3.05) is 13.2 Å². The number of ether oxygens (including phenoxy) is 1. The van der Waals surface area contributed by atoms with E-state index in [4.69, 9.17) is 4.74 Å². The van der Waals surface area contributed by atoms with Crippen LogP contribution in [0.1, 0.15) is 58.8 Å². The topological polar surface area (TPSA) is 49.8 Å². The molecule has 1 atom stereocenters. The summed E-state index contributed by atoms with van der Waals surface area (Å²) in [7, 11) is 0. The van der Waals surface area contributed by atoms with E-state index < -0.39 is 18.1 Å². The predicted octanol–water partition coefficient (Wildman–Crippen LogP) is 3.57. The summed E-state index contributed by atoms with van der Waals surface area (Å²) in [4.78, 5) is 13.7. The molecule has 21 heavy (non-hydrogen) atoms. The zero-order valence-electron chi connectivity index (χ0n) is 13.0. The summed E-state index contributed by atoms with van der Waals surface area (Å²) >= 11 is 0. The van der Waals surface area contributed by atoms with Crippen molar-refractivity contribution in [1.29, 1.82) is 0 Å². The Morgan fingerprint density at radius 2 is 2.05 bits per heavy atom. The Morgan fingerprint density at radius 1 is 1.43 bits per heavy atom. The molecule has 1 aliphatic carbocycles. The molecule has 0 spiro atoms. The van der Waals surface area contributed by atoms with E-state index in [1.54, 1.807) is 6.92 Å². The van der Waals surface area contributed by atoms with Crippen LogP contribution in [0.25, 0.3) is 0 Å². The molecule has 0 unspecified atom stereocenters. The Balaban J connectivity index is 2.57. The average Bonchev–Trinajstić information content (AvgIpc) is 2.40. The number of alkyl halides is 2. The maximum atomic E-state index is 13.2. The monoisotopic (exact) mass is 307 g/mol. The van der Waals surface area contributed by atoms with Gasteiger partial charge in [-0.25, -0.2) is 13.6 Å². The summed E-state index contributed by atoms with van der Waals surface area (Å²) in [6.07, 6.45) is 1.37. The first-order valence-corrected chi connectivity index (χ1v) is 7.85. The number of amides is 1. The minimum absolute atomic E-state index is 0.189. The Bertz CT molecular complexity index is 314. The fraction of sp³-hybridized carbons (Fsp3) is 0.933. The molecular formula is C15H27F2NO3. The van der Waals surface area contributed by atoms with E-state index in [1.807, 2.05) is 6.92 Å². The van der Waals surface area contributed by atoms with Crippen molar-refractivity contribution >= 4 is 6.09 Å². The number of carbonyl (C=O) groups is 1. The van der Waals surface area contributed by atoms with Crippen LogP contribution < -0.4 is 0 Å². The zero-order chi connectivity index (χ0) is 15.9. The normalized spacial score (nSPS) is 20.0. The molecule has 0 radical (unpaired) electrons. The zero-order valence-corrected chi connectivity index (χ0v) is 13.0. The predicted molar refractivity (Wildman–Crippen MR) is 76.5 cm³/mol. The van der Waals surface area contributed by atoms with Crippen molar-refractivity contribution in [3.05, 3.63) is 0 Å². The van der Waals surface area contributed by atoms with E-state index >= 15 is 0 Å². The van der Waals surface area contributed by atoms with Crippen LogP contribution in [0.3, 0.4) is 0 Å². The summed E-state index contributed by atoms with van der Waals surface area (Å²) in [6, 6.07) is -0.211. The van der Waals surface area contributed by atoms with Crippen molar-refractivity contribution in [3.8, 4) is 0 Å². The Kier molecular flexibility index (Phi) is 7.35. The molecule has 0 heterocycles. The van der Waals surface area contributed by atoms with Gasteiger partial charge in [0.15, 0.2) is 0 Å². The first-order chi connectivity index (χ1) is 9.85. The van der Waals surface area contributed by atoms with Crippen molar-refractivity contribution in [2.24, 2.45) is 0 Å². The highest BCUT2D eigenvalue weighted by atomic mass is 19.3. The highest BCUT2D eigenvalue weighted by molar-refractivity contribution is 5.68. The lowest BCUT2D eigenvalue weighted by molar-refractivity contribution is -0.0536. The second-order valence-corrected chi connectivity index (χ2v) is 5.89. The molecule has 1 aliphatic rings. The lowest BCUT2D eigenvalue weighted by Gasteiger charge is -2.36. The maximum absolute atomic E-state index is 13.2. The summed E-state index contributed by atoms with van der Waals surface area (Å²) in [6.45, 7) is 4.35. The standard InChI is InChI=1S/C15H27F2NO3/c1-3-4-11-21-14(20)18(10-7-12(2)19)13-5-8-15(16,17)9-6-13/h12-13,19H,3-11H2,1-2H3/t12-/m1/s1. The molecule has 6 heteroatoms. The van der Waals surface area contributed by atoms with Gasteiger partial charge in [-0.3, -0.25) is 0 Å². The Morgan fingerprint density at radius 3 is 2.57 bits per heavy atom. The van der Waals surface area contributed by atoms with Gasteiger partial charge in [0.25, 0.3) is 0 Å². The number of rotatable bonds is 7. The van der Waals surface area contributed by atoms with Crippen molar-refractivity contribution in [1.82, 2.24) is 4.90 Å². The first kappa shape index (κ1) is 18.1. The second kappa shape index (κ2) is 8.51. The average molecular weight is 307 g/mol. The molecule has 0 bridgehead atoms. The number of nitrogens with zero attached hydrogens (tertiary/aromatic N) is 1. The van der Waals surface area contributed by atoms with Crippen LogP contribution in [0.5, 0.6) is 0 Å². The Hall–Kier alpha value is -0.910. The molecule has 1 rings (SSSR count). The first-order valence-electron chi connectivity index (χ1n) is 7.85. The van der Waals surface area contributed by atoms with Crippen molar-refractivity contribution in [2.45, 2.75) is 76.9 Å². The van der Waals surface area contributed by atoms with E-state index in [0.29, 0.717) is 19.6 Å². The molecule has 0 aromatic carbocycles. The van der Waals surface area contributed by atoms with Crippen LogP contribution in [-0.2, 0) is 4.74 Å². The molecule has 1 N–H and O–H groups in total. The van der Waals surface area contributed by atoms with Gasteiger partial charge in [0.1, 0.15) is 0 Å². The molecule has 124 valence electrons. The summed E-state index contributed by atoms with van der Waals surface area (Å²) in [5, 5.41) is 9.38. The molecular weight excluding hydrogens is 280 g/mol. The van der Waals surface area contributed by atoms with Crippen LogP contribution in [-0.4, -0.2) is 47.3 Å². The highest BCUT2D eigenvalue weighted by Gasteiger charge is 2.38. The van der Waals surface area contributed by atoms with Crippen LogP contribution >= 0.6 is 0 Å². The highest BCUT2D eigenvalue weighted by Crippen LogP contribution is 2.35. The lowest BCUT2D eigenvalue weighted by Crippen LogP contribution is -2.45. The van der Waals surface area contributed by atoms with Crippen LogP contribution in [0.2, 0.25) is 0 Å². The van der Waals surface area contributed by atoms with Crippen LogP contribution in [0.15, 0.2) is 0 Å². The largest absolute Gasteiger partial charge is 0.449 e. The fourth-order valence-electron chi connectivity index (χ4n) is 2.47. The number of hydrogen-bond acceptors (Lipinski definition) is 3. The van der Waals surface area contributed by atoms with Gasteiger partial charge in [-0.05, 0) is 32.6 Å². The molecule has 4 nitrogen and oxygen atoms in total. The molecule has 1 amide bonds. The third kappa shape index (κ3) is 6.59. The Labute approximate surface area is 125 Å². The second-order valence-electron chi connectivity index (χ2n) is 5.89. The van der Waals surface area contributed by atoms with E-state index in [-0.39, 0.29) is 31.7 Å². The summed E-state index contributed by atoms with van der Waals surface area (Å²) in [5.74, 6) is -2.61. The lowest BCUT2D eigenvalue weighted by atomic mass is 9.91. The van der Waals surface area contributed by atoms with Crippen molar-refractivity contribution in [3.63, 3.8) is 0 Å². The van der Waals surface area contributed by atoms with E-state index in [0.717, 1.165) is 12.8 Å². The number of hydrogen-bond donors (Lipinski definition) is 1. The number of aliphatic hydroxyl groups excluding tert-OH is 1. The van der Waals surface area contributed by atoms with Gasteiger partial charge < -0.3 is 14.7 Å². The molecule has 0 saturated heterocycles. The SMILES string of the molecule is CCCCOC(=O)N(CC[C@@H](C)O)C1CCC(F)(F)CC1. The van der Waals surface area contributed by atoms with E-state index in [9.17, 15) is 18.7 Å². The van der Waals surface area contributed by atoms with Crippen LogP contribution in [0.4, 0.5) is 13.6 Å². The number of unbranched alkanes of at least 4 members (excludes halogenated alkanes) is 1. The van der Waals surface area contributed by atoms with Gasteiger partial charge in [-0.2, -0.15) is 0 Å². The molecule has 0 aliphatic heterocycles. The van der Waals surface area contributed by atoms with Gasteiger partial charge in [0, 0.05) is 25.4 Å². The molecule has 0 aromatic rings. The fourth-order valence-corrected chi connectivity index (χ4v) is 2.47. The van der Waals surface area contributed by atoms with E-state index in [1.165, 1.54) is 4.90 Å². The molecule has 0 aromatic heterocycles. The van der Waals surface area contributed by atoms with Gasteiger partial charge >= 0.3 is 6.09 Å². The summed E-state index contributed by atoms with van der Waals surface area (Å²) in [5.41, 5.74) is 0. The van der Waals surface area contributed by atoms with Gasteiger partial charge in [0.05, 0.1) is 12.7 Å². The number of carbonyl (C=O) groups excluding carboxylic acids is 1. The maximum Gasteiger partial charge on any atom is 0.410 e. The van der Waals surface area contributed by atoms with Gasteiger partial charge in [-0.1, -0.05) is 13.3 Å². The summed E-state index contributed by atoms with van der Waals surface area (Å²) < 4.78 is 31.7.